The van der Waals surface area contributed by atoms with Gasteiger partial charge in [-0.3, -0.25) is 9.36 Å². The van der Waals surface area contributed by atoms with Gasteiger partial charge in [-0.2, -0.15) is 0 Å². The van der Waals surface area contributed by atoms with Crippen LogP contribution in [0.4, 0.5) is 5.95 Å². The van der Waals surface area contributed by atoms with Gasteiger partial charge in [0.2, 0.25) is 18.6 Å². The molecule has 3 aromatic rings. The van der Waals surface area contributed by atoms with Crippen LogP contribution in [0.1, 0.15) is 43.6 Å². The summed E-state index contributed by atoms with van der Waals surface area (Å²) in [6, 6.07) is 9.37. The molecule has 1 amide bonds. The second kappa shape index (κ2) is 9.78. The van der Waals surface area contributed by atoms with Crippen molar-refractivity contribution in [3.63, 3.8) is 0 Å². The van der Waals surface area contributed by atoms with Gasteiger partial charge in [0.15, 0.2) is 16.7 Å². The van der Waals surface area contributed by atoms with Crippen molar-refractivity contribution in [1.29, 1.82) is 0 Å². The van der Waals surface area contributed by atoms with E-state index >= 15 is 0 Å². The highest BCUT2D eigenvalue weighted by Gasteiger charge is 2.22. The minimum atomic E-state index is -0.155. The number of hydrogen-bond donors (Lipinski definition) is 1. The quantitative estimate of drug-likeness (QED) is 0.500. The summed E-state index contributed by atoms with van der Waals surface area (Å²) in [4.78, 5) is 15.0. The molecule has 0 radical (unpaired) electrons. The smallest absolute Gasteiger partial charge is 0.231 e. The van der Waals surface area contributed by atoms with E-state index < -0.39 is 0 Å². The third kappa shape index (κ3) is 4.95. The van der Waals surface area contributed by atoms with Crippen LogP contribution in [-0.4, -0.2) is 46.3 Å². The molecule has 4 heterocycles. The fourth-order valence-corrected chi connectivity index (χ4v) is 4.84. The minimum absolute atomic E-state index is 0.0720. The summed E-state index contributed by atoms with van der Waals surface area (Å²) in [6.07, 6.45) is 5.21. The van der Waals surface area contributed by atoms with Gasteiger partial charge in [0.1, 0.15) is 5.76 Å². The van der Waals surface area contributed by atoms with Crippen LogP contribution in [0, 0.1) is 0 Å². The number of nitrogens with one attached hydrogen (secondary N) is 1. The van der Waals surface area contributed by atoms with Gasteiger partial charge in [-0.15, -0.1) is 10.2 Å². The molecule has 10 heteroatoms. The van der Waals surface area contributed by atoms with Crippen LogP contribution in [0.25, 0.3) is 0 Å². The number of benzene rings is 1. The standard InChI is InChI=1S/C23H27N5O4S/c1-16(17-7-8-19-20(12-17)32-15-31-19)24-21(29)14-33-23-26-25-22(27-9-3-2-4-10-27)28(23)13-18-6-5-11-30-18/h5-8,11-12,16H,2-4,9-10,13-15H2,1H3,(H,24,29). The highest BCUT2D eigenvalue weighted by Crippen LogP contribution is 2.34. The second-order valence-electron chi connectivity index (χ2n) is 8.19. The van der Waals surface area contributed by atoms with E-state index in [0.717, 1.165) is 49.0 Å². The largest absolute Gasteiger partial charge is 0.467 e. The molecule has 0 aliphatic carbocycles. The summed E-state index contributed by atoms with van der Waals surface area (Å²) < 4.78 is 18.4. The van der Waals surface area contributed by atoms with Gasteiger partial charge in [0.05, 0.1) is 24.6 Å². The Balaban J connectivity index is 1.24. The van der Waals surface area contributed by atoms with Crippen molar-refractivity contribution in [2.24, 2.45) is 0 Å². The lowest BCUT2D eigenvalue weighted by Gasteiger charge is -2.27. The fraction of sp³-hybridized carbons (Fsp3) is 0.435. The van der Waals surface area contributed by atoms with Gasteiger partial charge < -0.3 is 24.1 Å². The Hall–Kier alpha value is -3.14. The Morgan fingerprint density at radius 3 is 2.82 bits per heavy atom. The summed E-state index contributed by atoms with van der Waals surface area (Å²) in [7, 11) is 0. The molecule has 9 nitrogen and oxygen atoms in total. The number of nitrogens with zero attached hydrogens (tertiary/aromatic N) is 4. The summed E-state index contributed by atoms with van der Waals surface area (Å²) >= 11 is 1.38. The lowest BCUT2D eigenvalue weighted by atomic mass is 10.1. The van der Waals surface area contributed by atoms with Crippen LogP contribution < -0.4 is 19.7 Å². The van der Waals surface area contributed by atoms with Crippen molar-refractivity contribution < 1.29 is 18.7 Å². The number of rotatable bonds is 8. The van der Waals surface area contributed by atoms with Crippen LogP contribution >= 0.6 is 11.8 Å². The Morgan fingerprint density at radius 1 is 1.15 bits per heavy atom. The molecule has 0 spiro atoms. The van der Waals surface area contributed by atoms with Gasteiger partial charge in [-0.25, -0.2) is 0 Å². The van der Waals surface area contributed by atoms with Gasteiger partial charge in [0.25, 0.3) is 0 Å². The van der Waals surface area contributed by atoms with E-state index in [4.69, 9.17) is 13.9 Å². The number of piperidine rings is 1. The fourth-order valence-electron chi connectivity index (χ4n) is 4.09. The van der Waals surface area contributed by atoms with E-state index in [1.165, 1.54) is 18.2 Å². The van der Waals surface area contributed by atoms with E-state index in [-0.39, 0.29) is 24.5 Å². The Morgan fingerprint density at radius 2 is 2.00 bits per heavy atom. The molecule has 33 heavy (non-hydrogen) atoms. The first-order valence-electron chi connectivity index (χ1n) is 11.2. The first-order valence-corrected chi connectivity index (χ1v) is 12.2. The first-order chi connectivity index (χ1) is 16.2. The average Bonchev–Trinajstić information content (AvgIpc) is 3.59. The van der Waals surface area contributed by atoms with E-state index in [9.17, 15) is 4.79 Å². The van der Waals surface area contributed by atoms with E-state index in [0.29, 0.717) is 17.5 Å². The monoisotopic (exact) mass is 469 g/mol. The molecule has 2 aliphatic rings. The van der Waals surface area contributed by atoms with Gasteiger partial charge in [-0.1, -0.05) is 17.8 Å². The lowest BCUT2D eigenvalue weighted by molar-refractivity contribution is -0.119. The molecule has 1 saturated heterocycles. The lowest BCUT2D eigenvalue weighted by Crippen LogP contribution is -2.32. The minimum Gasteiger partial charge on any atom is -0.467 e. The molecule has 2 aromatic heterocycles. The predicted octanol–water partition coefficient (Wildman–Crippen LogP) is 3.61. The number of aromatic nitrogens is 3. The maximum Gasteiger partial charge on any atom is 0.231 e. The molecule has 2 aliphatic heterocycles. The highest BCUT2D eigenvalue weighted by molar-refractivity contribution is 7.99. The van der Waals surface area contributed by atoms with Crippen LogP contribution in [0.5, 0.6) is 11.5 Å². The molecule has 0 bridgehead atoms. The number of carbonyl (C=O) groups is 1. The molecular weight excluding hydrogens is 442 g/mol. The summed E-state index contributed by atoms with van der Waals surface area (Å²) in [5, 5.41) is 12.6. The number of anilines is 1. The van der Waals surface area contributed by atoms with E-state index in [1.54, 1.807) is 6.26 Å². The molecule has 1 atom stereocenters. The molecule has 1 unspecified atom stereocenters. The summed E-state index contributed by atoms with van der Waals surface area (Å²) in [6.45, 7) is 4.65. The normalized spacial score (nSPS) is 16.1. The van der Waals surface area contributed by atoms with Crippen LogP contribution in [0.2, 0.25) is 0 Å². The van der Waals surface area contributed by atoms with Crippen molar-refractivity contribution >= 4 is 23.6 Å². The molecule has 174 valence electrons. The van der Waals surface area contributed by atoms with Gasteiger partial charge in [-0.05, 0) is 56.0 Å². The number of ether oxygens (including phenoxy) is 2. The van der Waals surface area contributed by atoms with Crippen LogP contribution in [0.15, 0.2) is 46.2 Å². The van der Waals surface area contributed by atoms with Crippen LogP contribution in [-0.2, 0) is 11.3 Å². The Kier molecular flexibility index (Phi) is 6.43. The van der Waals surface area contributed by atoms with E-state index in [1.807, 2.05) is 41.8 Å². The van der Waals surface area contributed by atoms with Crippen molar-refractivity contribution in [3.8, 4) is 11.5 Å². The topological polar surface area (TPSA) is 94.7 Å². The Bertz CT molecular complexity index is 1090. The number of carbonyl (C=O) groups excluding carboxylic acids is 1. The number of hydrogen-bond acceptors (Lipinski definition) is 8. The molecule has 5 rings (SSSR count). The Labute approximate surface area is 196 Å². The molecular formula is C23H27N5O4S. The number of furan rings is 1. The number of fused-ring (bicyclic) bond motifs is 1. The van der Waals surface area contributed by atoms with E-state index in [2.05, 4.69) is 20.4 Å². The zero-order chi connectivity index (χ0) is 22.6. The number of thioether (sulfide) groups is 1. The number of amides is 1. The molecule has 1 N–H and O–H groups in total. The maximum atomic E-state index is 12.7. The zero-order valence-corrected chi connectivity index (χ0v) is 19.3. The molecule has 1 aromatic carbocycles. The summed E-state index contributed by atoms with van der Waals surface area (Å²) in [5.74, 6) is 3.27. The first kappa shape index (κ1) is 21.7. The predicted molar refractivity (Wildman–Crippen MR) is 124 cm³/mol. The van der Waals surface area contributed by atoms with Gasteiger partial charge >= 0.3 is 0 Å². The highest BCUT2D eigenvalue weighted by atomic mass is 32.2. The van der Waals surface area contributed by atoms with Gasteiger partial charge in [0, 0.05) is 13.1 Å². The van der Waals surface area contributed by atoms with Crippen molar-refractivity contribution in [1.82, 2.24) is 20.1 Å². The SMILES string of the molecule is CC(NC(=O)CSc1nnc(N2CCCCC2)n1Cc1ccco1)c1ccc2c(c1)OCO2. The molecule has 0 saturated carbocycles. The summed E-state index contributed by atoms with van der Waals surface area (Å²) in [5.41, 5.74) is 0.964. The maximum absolute atomic E-state index is 12.7. The van der Waals surface area contributed by atoms with Crippen molar-refractivity contribution in [2.75, 3.05) is 30.5 Å². The van der Waals surface area contributed by atoms with Crippen molar-refractivity contribution in [3.05, 3.63) is 47.9 Å². The third-order valence-electron chi connectivity index (χ3n) is 5.84. The van der Waals surface area contributed by atoms with Crippen molar-refractivity contribution in [2.45, 2.75) is 43.9 Å². The zero-order valence-electron chi connectivity index (χ0n) is 18.5. The molecule has 1 fully saturated rings. The third-order valence-corrected chi connectivity index (χ3v) is 6.80. The van der Waals surface area contributed by atoms with Crippen LogP contribution in [0.3, 0.4) is 0 Å². The average molecular weight is 470 g/mol. The second-order valence-corrected chi connectivity index (χ2v) is 9.13.